The lowest BCUT2D eigenvalue weighted by Crippen LogP contribution is -2.21. The lowest BCUT2D eigenvalue weighted by Gasteiger charge is -2.15. The Labute approximate surface area is 139 Å². The highest BCUT2D eigenvalue weighted by atomic mass is 16.5. The van der Waals surface area contributed by atoms with E-state index in [1.165, 1.54) is 0 Å². The van der Waals surface area contributed by atoms with Crippen molar-refractivity contribution < 1.29 is 14.3 Å². The summed E-state index contributed by atoms with van der Waals surface area (Å²) >= 11 is 0. The van der Waals surface area contributed by atoms with Crippen molar-refractivity contribution in [2.45, 2.75) is 54.2 Å². The molecule has 1 aromatic rings. The Balaban J connectivity index is 0.00000232. The zero-order valence-electron chi connectivity index (χ0n) is 15.3. The Morgan fingerprint density at radius 3 is 2.22 bits per heavy atom. The van der Waals surface area contributed by atoms with Gasteiger partial charge in [0.05, 0.1) is 5.92 Å². The van der Waals surface area contributed by atoms with Crippen LogP contribution < -0.4 is 10.6 Å². The summed E-state index contributed by atoms with van der Waals surface area (Å²) in [5.41, 5.74) is 2.07. The van der Waals surface area contributed by atoms with Gasteiger partial charge < -0.3 is 15.4 Å². The Morgan fingerprint density at radius 1 is 1.13 bits per heavy atom. The number of carbonyl (C=O) groups is 2. The maximum atomic E-state index is 12.0. The van der Waals surface area contributed by atoms with Gasteiger partial charge in [0.25, 0.3) is 5.91 Å². The van der Waals surface area contributed by atoms with Gasteiger partial charge in [-0.2, -0.15) is 0 Å². The number of amides is 1. The van der Waals surface area contributed by atoms with Crippen molar-refractivity contribution in [3.63, 3.8) is 0 Å². The molecule has 0 aliphatic rings. The summed E-state index contributed by atoms with van der Waals surface area (Å²) in [6, 6.07) is 5.73. The quantitative estimate of drug-likeness (QED) is 0.785. The number of carbonyl (C=O) groups excluding carboxylic acids is 2. The molecule has 1 rings (SSSR count). The molecule has 0 aliphatic heterocycles. The SMILES string of the molecule is CC.CNC(=O)c1cc(NC(C)C)ccc1COC(=O)C(C)C. The fraction of sp³-hybridized carbons (Fsp3) is 0.556. The maximum Gasteiger partial charge on any atom is 0.308 e. The van der Waals surface area contributed by atoms with Crippen LogP contribution in [0.15, 0.2) is 18.2 Å². The van der Waals surface area contributed by atoms with Gasteiger partial charge in [0, 0.05) is 29.9 Å². The first kappa shape index (κ1) is 21.0. The van der Waals surface area contributed by atoms with E-state index in [2.05, 4.69) is 10.6 Å². The van der Waals surface area contributed by atoms with Gasteiger partial charge in [0.2, 0.25) is 0 Å². The molecule has 1 aromatic carbocycles. The van der Waals surface area contributed by atoms with E-state index in [0.717, 1.165) is 5.69 Å². The summed E-state index contributed by atoms with van der Waals surface area (Å²) in [7, 11) is 1.58. The highest BCUT2D eigenvalue weighted by Crippen LogP contribution is 2.18. The molecule has 0 bridgehead atoms. The van der Waals surface area contributed by atoms with E-state index in [1.54, 1.807) is 27.0 Å². The van der Waals surface area contributed by atoms with Crippen molar-refractivity contribution in [1.82, 2.24) is 5.32 Å². The molecular formula is C18H30N2O3. The van der Waals surface area contributed by atoms with Crippen molar-refractivity contribution >= 4 is 17.6 Å². The van der Waals surface area contributed by atoms with Crippen LogP contribution in [0.3, 0.4) is 0 Å². The number of ether oxygens (including phenoxy) is 1. The first-order valence-corrected chi connectivity index (χ1v) is 8.13. The number of hydrogen-bond donors (Lipinski definition) is 2. The maximum absolute atomic E-state index is 12.0. The Hall–Kier alpha value is -2.04. The third kappa shape index (κ3) is 7.17. The minimum atomic E-state index is -0.276. The molecule has 2 N–H and O–H groups in total. The van der Waals surface area contributed by atoms with Gasteiger partial charge >= 0.3 is 5.97 Å². The molecule has 0 aromatic heterocycles. The van der Waals surface area contributed by atoms with Crippen LogP contribution in [0.25, 0.3) is 0 Å². The average molecular weight is 322 g/mol. The molecule has 0 atom stereocenters. The van der Waals surface area contributed by atoms with E-state index in [1.807, 2.05) is 39.8 Å². The number of rotatable bonds is 6. The van der Waals surface area contributed by atoms with Crippen molar-refractivity contribution in [3.8, 4) is 0 Å². The standard InChI is InChI=1S/C16H24N2O3.C2H6/c1-10(2)16(20)21-9-12-6-7-13(18-11(3)4)8-14(12)15(19)17-5;1-2/h6-8,10-11,18H,9H2,1-5H3,(H,17,19);1-2H3. The second kappa shape index (κ2) is 10.6. The van der Waals surface area contributed by atoms with Crippen molar-refractivity contribution in [2.75, 3.05) is 12.4 Å². The molecule has 0 heterocycles. The summed E-state index contributed by atoms with van der Waals surface area (Å²) < 4.78 is 5.21. The molecule has 23 heavy (non-hydrogen) atoms. The van der Waals surface area contributed by atoms with Gasteiger partial charge in [-0.25, -0.2) is 0 Å². The second-order valence-corrected chi connectivity index (χ2v) is 5.51. The van der Waals surface area contributed by atoms with Gasteiger partial charge in [0.1, 0.15) is 6.61 Å². The van der Waals surface area contributed by atoms with Gasteiger partial charge in [-0.15, -0.1) is 0 Å². The number of anilines is 1. The molecule has 0 radical (unpaired) electrons. The van der Waals surface area contributed by atoms with Crippen LogP contribution in [-0.2, 0) is 16.1 Å². The minimum absolute atomic E-state index is 0.0989. The first-order chi connectivity index (χ1) is 10.8. The summed E-state index contributed by atoms with van der Waals surface area (Å²) in [5, 5.41) is 5.85. The van der Waals surface area contributed by atoms with Gasteiger partial charge in [-0.05, 0) is 26.0 Å². The molecular weight excluding hydrogens is 292 g/mol. The predicted molar refractivity (Wildman–Crippen MR) is 94.6 cm³/mol. The lowest BCUT2D eigenvalue weighted by molar-refractivity contribution is -0.148. The zero-order valence-corrected chi connectivity index (χ0v) is 15.3. The molecule has 130 valence electrons. The van der Waals surface area contributed by atoms with E-state index >= 15 is 0 Å². The number of nitrogens with one attached hydrogen (secondary N) is 2. The highest BCUT2D eigenvalue weighted by Gasteiger charge is 2.14. The van der Waals surface area contributed by atoms with E-state index < -0.39 is 0 Å². The first-order valence-electron chi connectivity index (χ1n) is 8.13. The summed E-state index contributed by atoms with van der Waals surface area (Å²) in [4.78, 5) is 23.5. The Bertz CT molecular complexity index is 511. The zero-order chi connectivity index (χ0) is 18.0. The highest BCUT2D eigenvalue weighted by molar-refractivity contribution is 5.96. The number of benzene rings is 1. The summed E-state index contributed by atoms with van der Waals surface area (Å²) in [5.74, 6) is -0.657. The Kier molecular flexibility index (Phi) is 9.70. The van der Waals surface area contributed by atoms with Gasteiger partial charge in [-0.3, -0.25) is 9.59 Å². The van der Waals surface area contributed by atoms with Crippen LogP contribution in [0, 0.1) is 5.92 Å². The summed E-state index contributed by atoms with van der Waals surface area (Å²) in [6.45, 7) is 11.7. The average Bonchev–Trinajstić information content (AvgIpc) is 2.53. The van der Waals surface area contributed by atoms with Crippen molar-refractivity contribution in [3.05, 3.63) is 29.3 Å². The molecule has 0 unspecified atom stereocenters. The van der Waals surface area contributed by atoms with Crippen molar-refractivity contribution in [1.29, 1.82) is 0 Å². The number of hydrogen-bond acceptors (Lipinski definition) is 4. The van der Waals surface area contributed by atoms with E-state index in [0.29, 0.717) is 11.1 Å². The molecule has 0 saturated carbocycles. The molecule has 0 fully saturated rings. The third-order valence-corrected chi connectivity index (χ3v) is 2.88. The smallest absolute Gasteiger partial charge is 0.308 e. The predicted octanol–water partition coefficient (Wildman–Crippen LogP) is 3.59. The van der Waals surface area contributed by atoms with Crippen LogP contribution in [-0.4, -0.2) is 25.0 Å². The second-order valence-electron chi connectivity index (χ2n) is 5.51. The van der Waals surface area contributed by atoms with E-state index in [4.69, 9.17) is 4.74 Å². The van der Waals surface area contributed by atoms with Gasteiger partial charge in [-0.1, -0.05) is 33.8 Å². The molecule has 5 heteroatoms. The summed E-state index contributed by atoms with van der Waals surface area (Å²) in [6.07, 6.45) is 0. The van der Waals surface area contributed by atoms with Crippen LogP contribution >= 0.6 is 0 Å². The largest absolute Gasteiger partial charge is 0.461 e. The molecule has 1 amide bonds. The van der Waals surface area contributed by atoms with Crippen LogP contribution in [0.5, 0.6) is 0 Å². The fourth-order valence-corrected chi connectivity index (χ4v) is 1.79. The van der Waals surface area contributed by atoms with Crippen LogP contribution in [0.1, 0.15) is 57.5 Å². The van der Waals surface area contributed by atoms with E-state index in [-0.39, 0.29) is 30.4 Å². The normalized spacial score (nSPS) is 9.96. The fourth-order valence-electron chi connectivity index (χ4n) is 1.79. The van der Waals surface area contributed by atoms with Crippen molar-refractivity contribution in [2.24, 2.45) is 5.92 Å². The monoisotopic (exact) mass is 322 g/mol. The van der Waals surface area contributed by atoms with Crippen LogP contribution in [0.4, 0.5) is 5.69 Å². The lowest BCUT2D eigenvalue weighted by atomic mass is 10.1. The molecule has 0 spiro atoms. The minimum Gasteiger partial charge on any atom is -0.461 e. The molecule has 5 nitrogen and oxygen atoms in total. The third-order valence-electron chi connectivity index (χ3n) is 2.88. The van der Waals surface area contributed by atoms with Gasteiger partial charge in [0.15, 0.2) is 0 Å². The number of esters is 1. The molecule has 0 saturated heterocycles. The van der Waals surface area contributed by atoms with Crippen LogP contribution in [0.2, 0.25) is 0 Å². The topological polar surface area (TPSA) is 67.4 Å². The van der Waals surface area contributed by atoms with E-state index in [9.17, 15) is 9.59 Å². The molecule has 0 aliphatic carbocycles. The Morgan fingerprint density at radius 2 is 1.74 bits per heavy atom.